The van der Waals surface area contributed by atoms with E-state index in [1.807, 2.05) is 43.3 Å². The van der Waals surface area contributed by atoms with Crippen LogP contribution in [0.25, 0.3) is 0 Å². The van der Waals surface area contributed by atoms with Gasteiger partial charge in [-0.3, -0.25) is 4.79 Å². The van der Waals surface area contributed by atoms with E-state index >= 15 is 0 Å². The first-order valence-corrected chi connectivity index (χ1v) is 7.71. The molecule has 2 aromatic carbocycles. The van der Waals surface area contributed by atoms with Gasteiger partial charge in [-0.1, -0.05) is 35.0 Å². The number of carbonyl (C=O) groups excluding carboxylic acids is 1. The third-order valence-corrected chi connectivity index (χ3v) is 3.71. The van der Waals surface area contributed by atoms with Gasteiger partial charge in [0.25, 0.3) is 5.91 Å². The smallest absolute Gasteiger partial charge is 0.272 e. The summed E-state index contributed by atoms with van der Waals surface area (Å²) in [7, 11) is 3.07. The quantitative estimate of drug-likeness (QED) is 0.590. The molecule has 6 heteroatoms. The number of carbonyl (C=O) groups is 1. The van der Waals surface area contributed by atoms with Gasteiger partial charge in [-0.15, -0.1) is 0 Å². The molecule has 2 rings (SSSR count). The fraction of sp³-hybridized carbons (Fsp3) is 0.222. The number of oxime groups is 1. The Bertz CT molecular complexity index is 747. The molecule has 0 radical (unpaired) electrons. The van der Waals surface area contributed by atoms with Crippen molar-refractivity contribution in [2.24, 2.45) is 5.16 Å². The lowest BCUT2D eigenvalue weighted by Crippen LogP contribution is -2.28. The van der Waals surface area contributed by atoms with Crippen LogP contribution in [0.15, 0.2) is 47.6 Å². The number of para-hydroxylation sites is 1. The molecule has 0 bridgehead atoms. The molecule has 0 saturated carbocycles. The van der Waals surface area contributed by atoms with Crippen LogP contribution in [0.1, 0.15) is 11.1 Å². The number of hydrogen-bond acceptors (Lipinski definition) is 4. The topological polar surface area (TPSA) is 51.1 Å². The highest BCUT2D eigenvalue weighted by molar-refractivity contribution is 6.32. The summed E-state index contributed by atoms with van der Waals surface area (Å²) >= 11 is 5.96. The van der Waals surface area contributed by atoms with Gasteiger partial charge in [-0.2, -0.15) is 0 Å². The van der Waals surface area contributed by atoms with Crippen molar-refractivity contribution in [3.63, 3.8) is 0 Å². The second kappa shape index (κ2) is 8.36. The first-order chi connectivity index (χ1) is 11.5. The van der Waals surface area contributed by atoms with Crippen LogP contribution >= 0.6 is 11.6 Å². The fourth-order valence-corrected chi connectivity index (χ4v) is 2.42. The number of hydrogen-bond donors (Lipinski definition) is 0. The van der Waals surface area contributed by atoms with E-state index in [1.54, 1.807) is 13.1 Å². The minimum absolute atomic E-state index is 0.285. The summed E-state index contributed by atoms with van der Waals surface area (Å²) in [5.74, 6) is 0.469. The monoisotopic (exact) mass is 346 g/mol. The second-order valence-corrected chi connectivity index (χ2v) is 5.58. The molecule has 0 fully saturated rings. The molecule has 0 saturated heterocycles. The maximum atomic E-state index is 12.1. The largest absolute Gasteiger partial charge is 0.489 e. The third kappa shape index (κ3) is 4.49. The molecular formula is C18H19ClN2O3. The molecule has 0 N–H and O–H groups in total. The minimum Gasteiger partial charge on any atom is -0.489 e. The summed E-state index contributed by atoms with van der Waals surface area (Å²) in [6, 6.07) is 13.0. The summed E-state index contributed by atoms with van der Waals surface area (Å²) < 4.78 is 5.87. The zero-order valence-electron chi connectivity index (χ0n) is 13.8. The van der Waals surface area contributed by atoms with Crippen LogP contribution < -0.4 is 9.64 Å². The third-order valence-electron chi connectivity index (χ3n) is 3.47. The Morgan fingerprint density at radius 1 is 1.29 bits per heavy atom. The van der Waals surface area contributed by atoms with Crippen LogP contribution in [0.3, 0.4) is 0 Å². The van der Waals surface area contributed by atoms with Gasteiger partial charge in [0.15, 0.2) is 0 Å². The van der Waals surface area contributed by atoms with E-state index in [-0.39, 0.29) is 5.91 Å². The van der Waals surface area contributed by atoms with Gasteiger partial charge in [0.1, 0.15) is 25.7 Å². The standard InChI is InChI=1S/C18H19ClN2O3/c1-13-10-15(19)8-9-17(13)24-12-14-6-4-5-7-16(14)21(2)18(22)11-20-23-3/h4-11H,12H2,1-3H3. The van der Waals surface area contributed by atoms with E-state index in [2.05, 4.69) is 9.99 Å². The summed E-state index contributed by atoms with van der Waals surface area (Å²) in [5, 5.41) is 4.17. The first kappa shape index (κ1) is 17.8. The van der Waals surface area contributed by atoms with Crippen LogP contribution in [0, 0.1) is 6.92 Å². The number of nitrogens with zero attached hydrogens (tertiary/aromatic N) is 2. The van der Waals surface area contributed by atoms with Gasteiger partial charge in [-0.05, 0) is 36.8 Å². The molecule has 2 aromatic rings. The Morgan fingerprint density at radius 3 is 2.75 bits per heavy atom. The summed E-state index contributed by atoms with van der Waals surface area (Å²) in [4.78, 5) is 18.1. The van der Waals surface area contributed by atoms with Gasteiger partial charge in [0.2, 0.25) is 0 Å². The zero-order chi connectivity index (χ0) is 17.5. The molecule has 0 atom stereocenters. The van der Waals surface area contributed by atoms with Crippen molar-refractivity contribution in [1.29, 1.82) is 0 Å². The number of anilines is 1. The molecule has 0 spiro atoms. The van der Waals surface area contributed by atoms with Crippen LogP contribution in [-0.2, 0) is 16.2 Å². The van der Waals surface area contributed by atoms with E-state index < -0.39 is 0 Å². The predicted molar refractivity (Wildman–Crippen MR) is 95.9 cm³/mol. The Labute approximate surface area is 146 Å². The normalized spacial score (nSPS) is 10.7. The van der Waals surface area contributed by atoms with Crippen LogP contribution in [0.5, 0.6) is 5.75 Å². The number of halogens is 1. The van der Waals surface area contributed by atoms with E-state index in [1.165, 1.54) is 12.0 Å². The summed E-state index contributed by atoms with van der Waals surface area (Å²) in [5.41, 5.74) is 2.59. The molecule has 0 aliphatic carbocycles. The molecule has 5 nitrogen and oxygen atoms in total. The first-order valence-electron chi connectivity index (χ1n) is 7.34. The molecule has 1 amide bonds. The molecule has 0 heterocycles. The lowest BCUT2D eigenvalue weighted by Gasteiger charge is -2.19. The minimum atomic E-state index is -0.285. The molecule has 0 unspecified atom stereocenters. The van der Waals surface area contributed by atoms with Crippen molar-refractivity contribution < 1.29 is 14.4 Å². The SMILES string of the molecule is CON=CC(=O)N(C)c1ccccc1COc1ccc(Cl)cc1C. The molecule has 24 heavy (non-hydrogen) atoms. The van der Waals surface area contributed by atoms with Crippen molar-refractivity contribution in [3.8, 4) is 5.75 Å². The van der Waals surface area contributed by atoms with Crippen LogP contribution in [0.4, 0.5) is 5.69 Å². The molecular weight excluding hydrogens is 328 g/mol. The summed E-state index contributed by atoms with van der Waals surface area (Å²) in [6.07, 6.45) is 1.13. The number of aryl methyl sites for hydroxylation is 1. The highest BCUT2D eigenvalue weighted by atomic mass is 35.5. The van der Waals surface area contributed by atoms with Crippen molar-refractivity contribution in [2.45, 2.75) is 13.5 Å². The number of rotatable bonds is 6. The second-order valence-electron chi connectivity index (χ2n) is 5.14. The van der Waals surface area contributed by atoms with E-state index in [9.17, 15) is 4.79 Å². The molecule has 0 aliphatic heterocycles. The van der Waals surface area contributed by atoms with Crippen LogP contribution in [0.2, 0.25) is 5.02 Å². The number of amides is 1. The van der Waals surface area contributed by atoms with Gasteiger partial charge in [0, 0.05) is 17.6 Å². The predicted octanol–water partition coefficient (Wildman–Crippen LogP) is 3.82. The maximum Gasteiger partial charge on any atom is 0.272 e. The van der Waals surface area contributed by atoms with E-state index in [4.69, 9.17) is 16.3 Å². The van der Waals surface area contributed by atoms with Gasteiger partial charge < -0.3 is 14.5 Å². The average molecular weight is 347 g/mol. The lowest BCUT2D eigenvalue weighted by molar-refractivity contribution is -0.112. The summed E-state index contributed by atoms with van der Waals surface area (Å²) in [6.45, 7) is 2.27. The number of ether oxygens (including phenoxy) is 1. The fourth-order valence-electron chi connectivity index (χ4n) is 2.19. The molecule has 126 valence electrons. The highest BCUT2D eigenvalue weighted by Gasteiger charge is 2.13. The van der Waals surface area contributed by atoms with Gasteiger partial charge >= 0.3 is 0 Å². The van der Waals surface area contributed by atoms with Crippen molar-refractivity contribution in [2.75, 3.05) is 19.1 Å². The van der Waals surface area contributed by atoms with Crippen LogP contribution in [-0.4, -0.2) is 26.3 Å². The van der Waals surface area contributed by atoms with Crippen molar-refractivity contribution >= 4 is 29.4 Å². The maximum absolute atomic E-state index is 12.1. The lowest BCUT2D eigenvalue weighted by atomic mass is 10.1. The van der Waals surface area contributed by atoms with Crippen molar-refractivity contribution in [3.05, 3.63) is 58.6 Å². The highest BCUT2D eigenvalue weighted by Crippen LogP contribution is 2.25. The average Bonchev–Trinajstić information content (AvgIpc) is 2.58. The Morgan fingerprint density at radius 2 is 2.04 bits per heavy atom. The van der Waals surface area contributed by atoms with Crippen molar-refractivity contribution in [1.82, 2.24) is 0 Å². The molecule has 0 aliphatic rings. The van der Waals surface area contributed by atoms with Gasteiger partial charge in [0.05, 0.1) is 5.69 Å². The van der Waals surface area contributed by atoms with E-state index in [0.29, 0.717) is 11.6 Å². The zero-order valence-corrected chi connectivity index (χ0v) is 14.6. The Kier molecular flexibility index (Phi) is 6.21. The Hall–Kier alpha value is -2.53. The number of benzene rings is 2. The Balaban J connectivity index is 2.16. The van der Waals surface area contributed by atoms with E-state index in [0.717, 1.165) is 28.8 Å². The van der Waals surface area contributed by atoms with Gasteiger partial charge in [-0.25, -0.2) is 0 Å². The molecule has 0 aromatic heterocycles.